The highest BCUT2D eigenvalue weighted by Gasteiger charge is 2.36. The predicted octanol–water partition coefficient (Wildman–Crippen LogP) is 4.78. The summed E-state index contributed by atoms with van der Waals surface area (Å²) in [6.45, 7) is 7.34. The van der Waals surface area contributed by atoms with Crippen molar-refractivity contribution in [2.45, 2.75) is 45.2 Å². The Labute approximate surface area is 173 Å². The van der Waals surface area contributed by atoms with E-state index in [9.17, 15) is 4.79 Å². The van der Waals surface area contributed by atoms with Crippen LogP contribution in [0, 0.1) is 0 Å². The smallest absolute Gasteiger partial charge is 0.261 e. The molecule has 2 aromatic carbocycles. The van der Waals surface area contributed by atoms with Gasteiger partial charge in [0.2, 0.25) is 0 Å². The fraction of sp³-hybridized carbons (Fsp3) is 0.400. The molecule has 2 aromatic rings. The summed E-state index contributed by atoms with van der Waals surface area (Å²) in [7, 11) is 0. The lowest BCUT2D eigenvalue weighted by atomic mass is 9.96. The summed E-state index contributed by atoms with van der Waals surface area (Å²) in [6.07, 6.45) is 10.0. The van der Waals surface area contributed by atoms with Crippen LogP contribution in [0.4, 0.5) is 5.69 Å². The Hall–Kier alpha value is -2.59. The number of amides is 1. The van der Waals surface area contributed by atoms with Crippen LogP contribution in [0.5, 0.6) is 0 Å². The molecule has 3 aliphatic rings. The molecule has 3 heterocycles. The van der Waals surface area contributed by atoms with Gasteiger partial charge in [-0.1, -0.05) is 42.8 Å². The van der Waals surface area contributed by atoms with Crippen molar-refractivity contribution in [3.63, 3.8) is 0 Å². The monoisotopic (exact) mass is 387 g/mol. The van der Waals surface area contributed by atoms with Gasteiger partial charge >= 0.3 is 0 Å². The first kappa shape index (κ1) is 18.4. The zero-order valence-corrected chi connectivity index (χ0v) is 17.3. The van der Waals surface area contributed by atoms with Crippen molar-refractivity contribution in [3.8, 4) is 0 Å². The van der Waals surface area contributed by atoms with E-state index in [-0.39, 0.29) is 5.91 Å². The zero-order chi connectivity index (χ0) is 20.0. The maximum atomic E-state index is 13.3. The number of benzene rings is 2. The molecule has 0 saturated carbocycles. The predicted molar refractivity (Wildman–Crippen MR) is 119 cm³/mol. The van der Waals surface area contributed by atoms with Crippen molar-refractivity contribution in [2.24, 2.45) is 0 Å². The molecule has 0 N–H and O–H groups in total. The van der Waals surface area contributed by atoms with Gasteiger partial charge < -0.3 is 4.90 Å². The number of carbonyl (C=O) groups excluding carboxylic acids is 1. The Morgan fingerprint density at radius 2 is 1.90 bits per heavy atom. The van der Waals surface area contributed by atoms with Gasteiger partial charge in [0, 0.05) is 25.2 Å². The van der Waals surface area contributed by atoms with Gasteiger partial charge in [-0.3, -0.25) is 14.6 Å². The standard InChI is InChI=1S/C25H29N3O/c1-18(2)26-13-7-5-11-21(26)17-28-23-16-20-10-4-3-9-19(20)15-22(23)25(29)27-14-8-6-12-24(27)28/h3-4,6,8-10,12,15-16,18,21H,5,7,11,13-14,17H2,1-2H3. The second kappa shape index (κ2) is 7.34. The number of hydrogen-bond acceptors (Lipinski definition) is 3. The van der Waals surface area contributed by atoms with Crippen molar-refractivity contribution in [1.82, 2.24) is 9.80 Å². The van der Waals surface area contributed by atoms with Gasteiger partial charge in [-0.15, -0.1) is 0 Å². The lowest BCUT2D eigenvalue weighted by Gasteiger charge is -2.46. The molecule has 1 amide bonds. The molecule has 0 radical (unpaired) electrons. The molecule has 0 aliphatic carbocycles. The first-order valence-corrected chi connectivity index (χ1v) is 10.9. The summed E-state index contributed by atoms with van der Waals surface area (Å²) < 4.78 is 0. The molecule has 4 heteroatoms. The van der Waals surface area contributed by atoms with Crippen LogP contribution in [-0.4, -0.2) is 47.4 Å². The van der Waals surface area contributed by atoms with Crippen LogP contribution in [0.3, 0.4) is 0 Å². The topological polar surface area (TPSA) is 26.8 Å². The Morgan fingerprint density at radius 3 is 2.69 bits per heavy atom. The van der Waals surface area contributed by atoms with Crippen LogP contribution in [0.15, 0.2) is 60.4 Å². The highest BCUT2D eigenvalue weighted by molar-refractivity contribution is 6.08. The second-order valence-electron chi connectivity index (χ2n) is 8.68. The Kier molecular flexibility index (Phi) is 4.67. The lowest BCUT2D eigenvalue weighted by molar-refractivity contribution is 0.0794. The number of nitrogens with zero attached hydrogens (tertiary/aromatic N) is 3. The van der Waals surface area contributed by atoms with Gasteiger partial charge in [0.25, 0.3) is 5.91 Å². The van der Waals surface area contributed by atoms with E-state index in [0.29, 0.717) is 18.6 Å². The van der Waals surface area contributed by atoms with Crippen LogP contribution in [-0.2, 0) is 0 Å². The van der Waals surface area contributed by atoms with Crippen molar-refractivity contribution < 1.29 is 4.79 Å². The summed E-state index contributed by atoms with van der Waals surface area (Å²) in [5, 5.41) is 2.31. The van der Waals surface area contributed by atoms with E-state index in [0.717, 1.165) is 29.0 Å². The number of likely N-dealkylation sites (tertiary alicyclic amines) is 1. The average Bonchev–Trinajstić information content (AvgIpc) is 2.76. The maximum absolute atomic E-state index is 13.3. The third kappa shape index (κ3) is 3.16. The molecule has 0 bridgehead atoms. The van der Waals surface area contributed by atoms with E-state index >= 15 is 0 Å². The minimum atomic E-state index is 0.113. The Balaban J connectivity index is 1.61. The summed E-state index contributed by atoms with van der Waals surface area (Å²) in [5.74, 6) is 1.14. The number of allylic oxidation sites excluding steroid dienone is 2. The van der Waals surface area contributed by atoms with Gasteiger partial charge in [-0.2, -0.15) is 0 Å². The molecule has 150 valence electrons. The SMILES string of the molecule is CC(C)N1CCCCC1CN1C2=CC=CCN2C(=O)c2cc3ccccc3cc21. The van der Waals surface area contributed by atoms with Crippen molar-refractivity contribution in [1.29, 1.82) is 0 Å². The third-order valence-electron chi connectivity index (χ3n) is 6.58. The molecule has 0 spiro atoms. The van der Waals surface area contributed by atoms with Crippen LogP contribution in [0.25, 0.3) is 10.8 Å². The second-order valence-corrected chi connectivity index (χ2v) is 8.68. The molecule has 1 fully saturated rings. The highest BCUT2D eigenvalue weighted by Crippen LogP contribution is 2.38. The minimum Gasteiger partial charge on any atom is -0.325 e. The van der Waals surface area contributed by atoms with Gasteiger partial charge in [-0.05, 0) is 62.2 Å². The molecular formula is C25H29N3O. The summed E-state index contributed by atoms with van der Waals surface area (Å²) in [6, 6.07) is 13.7. The number of rotatable bonds is 3. The van der Waals surface area contributed by atoms with E-state index in [4.69, 9.17) is 0 Å². The van der Waals surface area contributed by atoms with Crippen molar-refractivity contribution >= 4 is 22.4 Å². The van der Waals surface area contributed by atoms with E-state index in [1.807, 2.05) is 11.0 Å². The number of piperidine rings is 1. The van der Waals surface area contributed by atoms with E-state index < -0.39 is 0 Å². The molecule has 1 unspecified atom stereocenters. The Morgan fingerprint density at radius 1 is 1.10 bits per heavy atom. The fourth-order valence-corrected chi connectivity index (χ4v) is 5.12. The van der Waals surface area contributed by atoms with E-state index in [1.54, 1.807) is 0 Å². The maximum Gasteiger partial charge on any atom is 0.261 e. The first-order chi connectivity index (χ1) is 14.1. The third-order valence-corrected chi connectivity index (χ3v) is 6.58. The molecular weight excluding hydrogens is 358 g/mol. The number of hydrogen-bond donors (Lipinski definition) is 0. The van der Waals surface area contributed by atoms with E-state index in [2.05, 4.69) is 72.2 Å². The molecule has 5 rings (SSSR count). The van der Waals surface area contributed by atoms with Gasteiger partial charge in [0.05, 0.1) is 11.3 Å². The highest BCUT2D eigenvalue weighted by atomic mass is 16.2. The average molecular weight is 388 g/mol. The van der Waals surface area contributed by atoms with Gasteiger partial charge in [0.15, 0.2) is 0 Å². The zero-order valence-electron chi connectivity index (χ0n) is 17.3. The minimum absolute atomic E-state index is 0.113. The summed E-state index contributed by atoms with van der Waals surface area (Å²) in [5.41, 5.74) is 1.88. The summed E-state index contributed by atoms with van der Waals surface area (Å²) >= 11 is 0. The summed E-state index contributed by atoms with van der Waals surface area (Å²) in [4.78, 5) is 20.3. The van der Waals surface area contributed by atoms with Crippen molar-refractivity contribution in [3.05, 3.63) is 66.0 Å². The number of anilines is 1. The molecule has 3 aliphatic heterocycles. The quantitative estimate of drug-likeness (QED) is 0.759. The molecule has 0 aromatic heterocycles. The molecule has 4 nitrogen and oxygen atoms in total. The fourth-order valence-electron chi connectivity index (χ4n) is 5.12. The van der Waals surface area contributed by atoms with Crippen LogP contribution in [0.2, 0.25) is 0 Å². The largest absolute Gasteiger partial charge is 0.325 e. The van der Waals surface area contributed by atoms with Crippen LogP contribution < -0.4 is 4.90 Å². The van der Waals surface area contributed by atoms with Crippen LogP contribution in [0.1, 0.15) is 43.5 Å². The number of carbonyl (C=O) groups is 1. The van der Waals surface area contributed by atoms with E-state index in [1.165, 1.54) is 31.2 Å². The molecule has 1 atom stereocenters. The lowest BCUT2D eigenvalue weighted by Crippen LogP contribution is -2.53. The Bertz CT molecular complexity index is 1010. The van der Waals surface area contributed by atoms with Crippen molar-refractivity contribution in [2.75, 3.05) is 24.5 Å². The number of fused-ring (bicyclic) bond motifs is 3. The normalized spacial score (nSPS) is 22.1. The molecule has 29 heavy (non-hydrogen) atoms. The first-order valence-electron chi connectivity index (χ1n) is 10.9. The van der Waals surface area contributed by atoms with Crippen LogP contribution >= 0.6 is 0 Å². The van der Waals surface area contributed by atoms with Gasteiger partial charge in [0.1, 0.15) is 5.82 Å². The van der Waals surface area contributed by atoms with Gasteiger partial charge in [-0.25, -0.2) is 0 Å². The molecule has 1 saturated heterocycles.